The Morgan fingerprint density at radius 2 is 1.83 bits per heavy atom. The number of halogens is 2. The second-order valence-electron chi connectivity index (χ2n) is 6.09. The topological polar surface area (TPSA) is 50.4 Å². The van der Waals surface area contributed by atoms with E-state index in [-0.39, 0.29) is 35.2 Å². The Kier molecular flexibility index (Phi) is 7.00. The molecule has 2 rings (SSSR count). The molecule has 0 aliphatic heterocycles. The number of aliphatic imine (C=N–C) groups is 1. The molecule has 0 radical (unpaired) electrons. The van der Waals surface area contributed by atoms with Gasteiger partial charge < -0.3 is 11.1 Å². The van der Waals surface area contributed by atoms with E-state index in [1.807, 2.05) is 31.2 Å². The molecule has 2 aromatic carbocycles. The monoisotopic (exact) mass is 427 g/mol. The molecule has 0 amide bonds. The number of rotatable bonds is 4. The van der Waals surface area contributed by atoms with Crippen molar-refractivity contribution in [2.75, 3.05) is 11.9 Å². The van der Waals surface area contributed by atoms with Crippen molar-refractivity contribution in [1.29, 1.82) is 0 Å². The molecule has 0 atom stereocenters. The zero-order valence-corrected chi connectivity index (χ0v) is 16.0. The Hall–Kier alpha value is -1.63. The average Bonchev–Trinajstić information content (AvgIpc) is 2.46. The maximum absolute atomic E-state index is 13.0. The van der Waals surface area contributed by atoms with Gasteiger partial charge in [-0.25, -0.2) is 4.39 Å². The highest BCUT2D eigenvalue weighted by atomic mass is 127. The van der Waals surface area contributed by atoms with Crippen LogP contribution in [0.3, 0.4) is 0 Å². The fraction of sp³-hybridized carbons (Fsp3) is 0.278. The molecule has 2 aromatic rings. The molecule has 0 fully saturated rings. The molecule has 0 bridgehead atoms. The molecule has 0 aromatic heterocycles. The Morgan fingerprint density at radius 1 is 1.17 bits per heavy atom. The molecule has 0 aliphatic carbocycles. The number of nitrogens with zero attached hydrogens (tertiary/aromatic N) is 1. The maximum Gasteiger partial charge on any atom is 0.193 e. The first kappa shape index (κ1) is 19.4. The van der Waals surface area contributed by atoms with Crippen molar-refractivity contribution in [1.82, 2.24) is 0 Å². The summed E-state index contributed by atoms with van der Waals surface area (Å²) in [4.78, 5) is 4.41. The summed E-state index contributed by atoms with van der Waals surface area (Å²) in [6, 6.07) is 14.5. The van der Waals surface area contributed by atoms with Crippen molar-refractivity contribution in [3.05, 3.63) is 65.5 Å². The van der Waals surface area contributed by atoms with Gasteiger partial charge in [-0.2, -0.15) is 0 Å². The van der Waals surface area contributed by atoms with Gasteiger partial charge in [0.15, 0.2) is 5.96 Å². The highest BCUT2D eigenvalue weighted by molar-refractivity contribution is 14.0. The summed E-state index contributed by atoms with van der Waals surface area (Å²) in [6.45, 7) is 6.66. The van der Waals surface area contributed by atoms with Crippen molar-refractivity contribution >= 4 is 35.6 Å². The van der Waals surface area contributed by atoms with E-state index in [2.05, 4.69) is 24.2 Å². The minimum absolute atomic E-state index is 0. The summed E-state index contributed by atoms with van der Waals surface area (Å²) < 4.78 is 13.0. The van der Waals surface area contributed by atoms with Crippen LogP contribution in [-0.4, -0.2) is 12.5 Å². The average molecular weight is 427 g/mol. The molecule has 5 heteroatoms. The third-order valence-corrected chi connectivity index (χ3v) is 3.56. The predicted octanol–water partition coefficient (Wildman–Crippen LogP) is 4.46. The van der Waals surface area contributed by atoms with Crippen LogP contribution in [0.15, 0.2) is 53.5 Å². The first-order chi connectivity index (χ1) is 10.4. The Morgan fingerprint density at radius 3 is 2.43 bits per heavy atom. The number of benzene rings is 2. The van der Waals surface area contributed by atoms with Gasteiger partial charge in [-0.1, -0.05) is 38.1 Å². The molecule has 0 spiro atoms. The minimum Gasteiger partial charge on any atom is -0.370 e. The van der Waals surface area contributed by atoms with Crippen LogP contribution in [0.1, 0.15) is 25.0 Å². The lowest BCUT2D eigenvalue weighted by atomic mass is 9.85. The van der Waals surface area contributed by atoms with Crippen molar-refractivity contribution in [3.63, 3.8) is 0 Å². The van der Waals surface area contributed by atoms with E-state index in [1.165, 1.54) is 12.1 Å². The molecule has 0 unspecified atom stereocenters. The highest BCUT2D eigenvalue weighted by Crippen LogP contribution is 2.23. The normalized spacial score (nSPS) is 11.7. The van der Waals surface area contributed by atoms with E-state index in [0.29, 0.717) is 12.5 Å². The highest BCUT2D eigenvalue weighted by Gasteiger charge is 2.20. The van der Waals surface area contributed by atoms with Crippen LogP contribution in [0.25, 0.3) is 0 Å². The zero-order chi connectivity index (χ0) is 16.2. The van der Waals surface area contributed by atoms with Gasteiger partial charge in [0, 0.05) is 11.1 Å². The van der Waals surface area contributed by atoms with E-state index in [1.54, 1.807) is 12.1 Å². The predicted molar refractivity (Wildman–Crippen MR) is 106 cm³/mol. The second-order valence-corrected chi connectivity index (χ2v) is 6.09. The summed E-state index contributed by atoms with van der Waals surface area (Å²) in [6.07, 6.45) is 0. The molecule has 3 N–H and O–H groups in total. The Balaban J connectivity index is 0.00000264. The molecular weight excluding hydrogens is 404 g/mol. The molecular formula is C18H23FIN3. The molecule has 3 nitrogen and oxygen atoms in total. The minimum atomic E-state index is -0.233. The van der Waals surface area contributed by atoms with E-state index in [0.717, 1.165) is 16.8 Å². The van der Waals surface area contributed by atoms with E-state index in [9.17, 15) is 4.39 Å². The largest absolute Gasteiger partial charge is 0.370 e. The Labute approximate surface area is 154 Å². The van der Waals surface area contributed by atoms with Crippen molar-refractivity contribution in [2.24, 2.45) is 10.7 Å². The summed E-state index contributed by atoms with van der Waals surface area (Å²) >= 11 is 0. The van der Waals surface area contributed by atoms with Gasteiger partial charge in [0.1, 0.15) is 5.82 Å². The van der Waals surface area contributed by atoms with Crippen LogP contribution in [-0.2, 0) is 5.41 Å². The summed E-state index contributed by atoms with van der Waals surface area (Å²) in [5.74, 6) is 0.143. The van der Waals surface area contributed by atoms with Crippen LogP contribution in [0.4, 0.5) is 10.1 Å². The number of hydrogen-bond donors (Lipinski definition) is 2. The smallest absolute Gasteiger partial charge is 0.193 e. The number of nitrogens with two attached hydrogens (primary N) is 1. The van der Waals surface area contributed by atoms with Crippen LogP contribution in [0, 0.1) is 12.7 Å². The van der Waals surface area contributed by atoms with Crippen molar-refractivity contribution in [2.45, 2.75) is 26.2 Å². The van der Waals surface area contributed by atoms with Gasteiger partial charge in [-0.3, -0.25) is 4.99 Å². The maximum atomic E-state index is 13.0. The van der Waals surface area contributed by atoms with Gasteiger partial charge >= 0.3 is 0 Å². The number of guanidine groups is 1. The van der Waals surface area contributed by atoms with Crippen molar-refractivity contribution in [3.8, 4) is 0 Å². The number of aryl methyl sites for hydroxylation is 1. The number of nitrogens with one attached hydrogen (secondary N) is 1. The van der Waals surface area contributed by atoms with E-state index >= 15 is 0 Å². The Bertz CT molecular complexity index is 666. The van der Waals surface area contributed by atoms with E-state index < -0.39 is 0 Å². The fourth-order valence-electron chi connectivity index (χ4n) is 2.19. The molecule has 124 valence electrons. The summed E-state index contributed by atoms with van der Waals surface area (Å²) in [7, 11) is 0. The summed E-state index contributed by atoms with van der Waals surface area (Å²) in [5.41, 5.74) is 8.83. The number of hydrogen-bond acceptors (Lipinski definition) is 1. The van der Waals surface area contributed by atoms with Crippen LogP contribution >= 0.6 is 24.0 Å². The van der Waals surface area contributed by atoms with Gasteiger partial charge in [0.05, 0.1) is 6.54 Å². The lowest BCUT2D eigenvalue weighted by Gasteiger charge is -2.23. The van der Waals surface area contributed by atoms with Crippen LogP contribution < -0.4 is 11.1 Å². The lowest BCUT2D eigenvalue weighted by molar-refractivity contribution is 0.537. The third kappa shape index (κ3) is 5.82. The first-order valence-corrected chi connectivity index (χ1v) is 7.26. The molecule has 0 heterocycles. The van der Waals surface area contributed by atoms with E-state index in [4.69, 9.17) is 5.73 Å². The van der Waals surface area contributed by atoms with Crippen LogP contribution in [0.5, 0.6) is 0 Å². The molecule has 0 saturated carbocycles. The van der Waals surface area contributed by atoms with Gasteiger partial charge in [-0.15, -0.1) is 24.0 Å². The zero-order valence-electron chi connectivity index (χ0n) is 13.6. The fourth-order valence-corrected chi connectivity index (χ4v) is 2.19. The van der Waals surface area contributed by atoms with Crippen LogP contribution in [0.2, 0.25) is 0 Å². The SMILES string of the molecule is Cc1cccc(NC(N)=NCC(C)(C)c2ccc(F)cc2)c1.I. The van der Waals surface area contributed by atoms with Gasteiger partial charge in [0.2, 0.25) is 0 Å². The second kappa shape index (κ2) is 8.29. The molecule has 0 saturated heterocycles. The summed E-state index contributed by atoms with van der Waals surface area (Å²) in [5, 5.41) is 3.08. The van der Waals surface area contributed by atoms with Gasteiger partial charge in [-0.05, 0) is 42.3 Å². The third-order valence-electron chi connectivity index (χ3n) is 3.56. The molecule has 23 heavy (non-hydrogen) atoms. The first-order valence-electron chi connectivity index (χ1n) is 7.26. The van der Waals surface area contributed by atoms with Crippen molar-refractivity contribution < 1.29 is 4.39 Å². The lowest BCUT2D eigenvalue weighted by Crippen LogP contribution is -2.27. The number of anilines is 1. The standard InChI is InChI=1S/C18H22FN3.HI/c1-13-5-4-6-16(11-13)22-17(20)21-12-18(2,3)14-7-9-15(19)10-8-14;/h4-11H,12H2,1-3H3,(H3,20,21,22);1H. The quantitative estimate of drug-likeness (QED) is 0.430. The van der Waals surface area contributed by atoms with Gasteiger partial charge in [0.25, 0.3) is 0 Å². The molecule has 0 aliphatic rings.